The van der Waals surface area contributed by atoms with Crippen molar-refractivity contribution in [2.24, 2.45) is 5.92 Å². The summed E-state index contributed by atoms with van der Waals surface area (Å²) in [4.78, 5) is 55.6. The van der Waals surface area contributed by atoms with Gasteiger partial charge in [-0.25, -0.2) is 4.79 Å². The maximum Gasteiger partial charge on any atom is 0.329 e. The van der Waals surface area contributed by atoms with Gasteiger partial charge in [-0.3, -0.25) is 23.9 Å². The number of hydrogen-bond donors (Lipinski definition) is 1. The van der Waals surface area contributed by atoms with Crippen LogP contribution in [-0.2, 0) is 16.1 Å². The molecule has 2 aromatic rings. The Labute approximate surface area is 160 Å². The lowest BCUT2D eigenvalue weighted by Gasteiger charge is -2.34. The van der Waals surface area contributed by atoms with E-state index in [-0.39, 0.29) is 36.4 Å². The Bertz CT molecular complexity index is 1150. The molecule has 1 saturated carbocycles. The monoisotopic (exact) mass is 380 g/mol. The number of carbonyl (C=O) groups excluding carboxylic acids is 2. The van der Waals surface area contributed by atoms with E-state index < -0.39 is 11.2 Å². The van der Waals surface area contributed by atoms with Gasteiger partial charge in [0.25, 0.3) is 5.56 Å². The maximum atomic E-state index is 12.9. The number of rotatable bonds is 3. The van der Waals surface area contributed by atoms with Crippen molar-refractivity contribution in [3.8, 4) is 0 Å². The second-order valence-corrected chi connectivity index (χ2v) is 7.86. The predicted octanol–water partition coefficient (Wildman–Crippen LogP) is 0.0776. The average Bonchev–Trinajstić information content (AvgIpc) is 3.10. The van der Waals surface area contributed by atoms with Crippen LogP contribution in [-0.4, -0.2) is 56.3 Å². The molecule has 5 rings (SSSR count). The van der Waals surface area contributed by atoms with Gasteiger partial charge in [-0.1, -0.05) is 24.3 Å². The lowest BCUT2D eigenvalue weighted by Crippen LogP contribution is -2.52. The van der Waals surface area contributed by atoms with Crippen LogP contribution in [0, 0.1) is 5.92 Å². The van der Waals surface area contributed by atoms with E-state index >= 15 is 0 Å². The minimum absolute atomic E-state index is 0.0156. The number of H-pyrrole nitrogens is 1. The van der Waals surface area contributed by atoms with E-state index in [1.54, 1.807) is 29.2 Å². The molecule has 2 aliphatic heterocycles. The summed E-state index contributed by atoms with van der Waals surface area (Å²) in [6.45, 7) is 4.76. The molecule has 3 fully saturated rings. The van der Waals surface area contributed by atoms with E-state index in [1.165, 1.54) is 4.57 Å². The van der Waals surface area contributed by atoms with E-state index in [0.29, 0.717) is 24.0 Å². The number of carbonyl (C=O) groups is 2. The standard InChI is InChI=1S/C20H20N4O4/c1-11-6-15(11)19(27)23-9-12-7-13(23)8-22(12)17(25)10-24-16-5-3-2-4-14(16)18(26)21-20(24)28/h2-5,12-13,15H,1,6-10H2,(H,21,26,28)/t12-,13-,15?/m0/s1. The average molecular weight is 380 g/mol. The molecule has 1 aromatic carbocycles. The van der Waals surface area contributed by atoms with Crippen molar-refractivity contribution in [1.29, 1.82) is 0 Å². The SMILES string of the molecule is C=C1CC1C(=O)N1C[C@@H]2C[C@H]1CN2C(=O)Cn1c(=O)[nH]c(=O)c2ccccc21. The number of piperazine rings is 1. The Balaban J connectivity index is 1.35. The molecule has 2 amide bonds. The zero-order valence-corrected chi connectivity index (χ0v) is 15.3. The summed E-state index contributed by atoms with van der Waals surface area (Å²) in [6, 6.07) is 6.76. The minimum Gasteiger partial charge on any atom is -0.335 e. The fourth-order valence-electron chi connectivity index (χ4n) is 4.53. The molecule has 8 nitrogen and oxygen atoms in total. The number of nitrogens with zero attached hydrogens (tertiary/aromatic N) is 3. The number of hydrogen-bond acceptors (Lipinski definition) is 4. The van der Waals surface area contributed by atoms with Crippen molar-refractivity contribution in [2.75, 3.05) is 13.1 Å². The Morgan fingerprint density at radius 1 is 1.11 bits per heavy atom. The fraction of sp³-hybridized carbons (Fsp3) is 0.400. The second-order valence-electron chi connectivity index (χ2n) is 7.86. The van der Waals surface area contributed by atoms with Gasteiger partial charge in [0.15, 0.2) is 0 Å². The number of nitrogens with one attached hydrogen (secondary N) is 1. The molecule has 0 radical (unpaired) electrons. The number of para-hydroxylation sites is 1. The number of fused-ring (bicyclic) bond motifs is 3. The normalized spacial score (nSPS) is 25.6. The molecule has 8 heteroatoms. The van der Waals surface area contributed by atoms with Crippen molar-refractivity contribution in [2.45, 2.75) is 31.5 Å². The third-order valence-corrected chi connectivity index (χ3v) is 6.14. The third kappa shape index (κ3) is 2.51. The number of aromatic nitrogens is 2. The van der Waals surface area contributed by atoms with Crippen molar-refractivity contribution >= 4 is 22.7 Å². The van der Waals surface area contributed by atoms with Crippen LogP contribution in [0.5, 0.6) is 0 Å². The van der Waals surface area contributed by atoms with Crippen LogP contribution in [0.4, 0.5) is 0 Å². The van der Waals surface area contributed by atoms with Crippen LogP contribution in [0.25, 0.3) is 10.9 Å². The molecule has 2 bridgehead atoms. The van der Waals surface area contributed by atoms with Crippen LogP contribution in [0.2, 0.25) is 0 Å². The minimum atomic E-state index is -0.592. The first-order valence-corrected chi connectivity index (χ1v) is 9.43. The summed E-state index contributed by atoms with van der Waals surface area (Å²) in [7, 11) is 0. The van der Waals surface area contributed by atoms with Crippen LogP contribution in [0.3, 0.4) is 0 Å². The van der Waals surface area contributed by atoms with Crippen molar-refractivity contribution in [3.63, 3.8) is 0 Å². The number of likely N-dealkylation sites (tertiary alicyclic amines) is 2. The van der Waals surface area contributed by atoms with Gasteiger partial charge < -0.3 is 9.80 Å². The zero-order valence-electron chi connectivity index (χ0n) is 15.3. The molecule has 3 heterocycles. The van der Waals surface area contributed by atoms with Gasteiger partial charge in [-0.2, -0.15) is 0 Å². The number of aromatic amines is 1. The van der Waals surface area contributed by atoms with Crippen molar-refractivity contribution < 1.29 is 9.59 Å². The van der Waals surface area contributed by atoms with Gasteiger partial charge in [0.05, 0.1) is 28.9 Å². The highest BCUT2D eigenvalue weighted by Crippen LogP contribution is 2.41. The lowest BCUT2D eigenvalue weighted by molar-refractivity contribution is -0.140. The Morgan fingerprint density at radius 3 is 2.46 bits per heavy atom. The molecule has 1 aromatic heterocycles. The lowest BCUT2D eigenvalue weighted by atomic mass is 10.2. The van der Waals surface area contributed by atoms with E-state index in [4.69, 9.17) is 0 Å². The third-order valence-electron chi connectivity index (χ3n) is 6.14. The van der Waals surface area contributed by atoms with Gasteiger partial charge in [0, 0.05) is 13.1 Å². The smallest absolute Gasteiger partial charge is 0.329 e. The second kappa shape index (κ2) is 5.92. The largest absolute Gasteiger partial charge is 0.335 e. The van der Waals surface area contributed by atoms with E-state index in [9.17, 15) is 19.2 Å². The molecule has 3 atom stereocenters. The molecule has 144 valence electrons. The number of amides is 2. The maximum absolute atomic E-state index is 12.9. The highest BCUT2D eigenvalue weighted by molar-refractivity contribution is 5.87. The molecule has 1 aliphatic carbocycles. The first kappa shape index (κ1) is 17.0. The Morgan fingerprint density at radius 2 is 1.79 bits per heavy atom. The summed E-state index contributed by atoms with van der Waals surface area (Å²) < 4.78 is 1.31. The van der Waals surface area contributed by atoms with Crippen molar-refractivity contribution in [1.82, 2.24) is 19.4 Å². The van der Waals surface area contributed by atoms with Crippen LogP contribution < -0.4 is 11.2 Å². The van der Waals surface area contributed by atoms with E-state index in [2.05, 4.69) is 11.6 Å². The van der Waals surface area contributed by atoms with Crippen LogP contribution in [0.1, 0.15) is 12.8 Å². The summed E-state index contributed by atoms with van der Waals surface area (Å²) in [5, 5.41) is 0.374. The zero-order chi connectivity index (χ0) is 19.6. The number of benzene rings is 1. The first-order valence-electron chi connectivity index (χ1n) is 9.43. The summed E-state index contributed by atoms with van der Waals surface area (Å²) in [5.74, 6) is -0.0724. The fourth-order valence-corrected chi connectivity index (χ4v) is 4.53. The Kier molecular flexibility index (Phi) is 3.59. The first-order chi connectivity index (χ1) is 13.4. The highest BCUT2D eigenvalue weighted by Gasteiger charge is 2.50. The predicted molar refractivity (Wildman–Crippen MR) is 102 cm³/mol. The van der Waals surface area contributed by atoms with Gasteiger partial charge in [0.1, 0.15) is 6.54 Å². The molecule has 3 aliphatic rings. The molecule has 28 heavy (non-hydrogen) atoms. The van der Waals surface area contributed by atoms with Crippen molar-refractivity contribution in [3.05, 3.63) is 57.3 Å². The molecule has 0 spiro atoms. The summed E-state index contributed by atoms with van der Waals surface area (Å²) >= 11 is 0. The van der Waals surface area contributed by atoms with Gasteiger partial charge in [-0.15, -0.1) is 0 Å². The van der Waals surface area contributed by atoms with Crippen LogP contribution in [0.15, 0.2) is 46.0 Å². The summed E-state index contributed by atoms with van der Waals surface area (Å²) in [6.07, 6.45) is 1.55. The molecular formula is C20H20N4O4. The van der Waals surface area contributed by atoms with E-state index in [1.807, 2.05) is 4.90 Å². The molecular weight excluding hydrogens is 360 g/mol. The van der Waals surface area contributed by atoms with Crippen LogP contribution >= 0.6 is 0 Å². The van der Waals surface area contributed by atoms with Gasteiger partial charge in [0.2, 0.25) is 11.8 Å². The quantitative estimate of drug-likeness (QED) is 0.763. The van der Waals surface area contributed by atoms with E-state index in [0.717, 1.165) is 18.4 Å². The highest BCUT2D eigenvalue weighted by atomic mass is 16.2. The molecule has 1 unspecified atom stereocenters. The Hall–Kier alpha value is -3.16. The van der Waals surface area contributed by atoms with Gasteiger partial charge in [-0.05, 0) is 25.0 Å². The summed E-state index contributed by atoms with van der Waals surface area (Å²) in [5.41, 5.74) is 0.383. The molecule has 2 saturated heterocycles. The topological polar surface area (TPSA) is 95.5 Å². The van der Waals surface area contributed by atoms with Gasteiger partial charge >= 0.3 is 5.69 Å². The molecule has 1 N–H and O–H groups in total.